The maximum Gasteiger partial charge on any atom is 0.335 e. The molecule has 1 aliphatic rings. The number of carbonyl (C=O) groups is 2. The number of carbonyl (C=O) groups excluding carboxylic acids is 1. The van der Waals surface area contributed by atoms with E-state index in [0.717, 1.165) is 16.7 Å². The summed E-state index contributed by atoms with van der Waals surface area (Å²) in [6.45, 7) is 0.725. The molecule has 3 aromatic rings. The highest BCUT2D eigenvalue weighted by Gasteiger charge is 2.31. The molecule has 1 fully saturated rings. The van der Waals surface area contributed by atoms with Crippen molar-refractivity contribution in [1.82, 2.24) is 9.88 Å². The molecule has 0 unspecified atom stereocenters. The fourth-order valence-corrected chi connectivity index (χ4v) is 4.29. The van der Waals surface area contributed by atoms with Crippen LogP contribution in [0.2, 0.25) is 0 Å². The molecule has 0 saturated carbocycles. The number of rotatable bonds is 7. The van der Waals surface area contributed by atoms with E-state index in [9.17, 15) is 9.59 Å². The summed E-state index contributed by atoms with van der Waals surface area (Å²) in [6, 6.07) is 17.7. The summed E-state index contributed by atoms with van der Waals surface area (Å²) >= 11 is 6.67. The molecule has 2 heterocycles. The number of hydrogen-bond acceptors (Lipinski definition) is 6. The van der Waals surface area contributed by atoms with Crippen molar-refractivity contribution in [2.24, 2.45) is 0 Å². The van der Waals surface area contributed by atoms with Gasteiger partial charge in [-0.05, 0) is 53.1 Å². The third-order valence-electron chi connectivity index (χ3n) is 4.72. The Morgan fingerprint density at radius 2 is 1.84 bits per heavy atom. The fourth-order valence-electron chi connectivity index (χ4n) is 3.03. The van der Waals surface area contributed by atoms with Crippen LogP contribution in [-0.4, -0.2) is 31.2 Å². The molecule has 1 aliphatic heterocycles. The second kappa shape index (κ2) is 9.76. The number of carboxylic acid groups (broad SMARTS) is 1. The van der Waals surface area contributed by atoms with Gasteiger partial charge in [-0.15, -0.1) is 0 Å². The zero-order valence-corrected chi connectivity index (χ0v) is 18.4. The minimum absolute atomic E-state index is 0.117. The summed E-state index contributed by atoms with van der Waals surface area (Å²) < 4.78 is 6.29. The lowest BCUT2D eigenvalue weighted by molar-refractivity contribution is -0.122. The van der Waals surface area contributed by atoms with Gasteiger partial charge in [0.2, 0.25) is 0 Å². The van der Waals surface area contributed by atoms with E-state index in [4.69, 9.17) is 22.1 Å². The van der Waals surface area contributed by atoms with Crippen LogP contribution in [0.5, 0.6) is 5.75 Å². The summed E-state index contributed by atoms with van der Waals surface area (Å²) in [6.07, 6.45) is 5.23. The Hall–Kier alpha value is -3.49. The summed E-state index contributed by atoms with van der Waals surface area (Å²) in [4.78, 5) is 29.9. The monoisotopic (exact) mass is 462 g/mol. The van der Waals surface area contributed by atoms with Gasteiger partial charge in [0.15, 0.2) is 0 Å². The second-order valence-electron chi connectivity index (χ2n) is 6.99. The average Bonchev–Trinajstić information content (AvgIpc) is 3.07. The average molecular weight is 463 g/mol. The molecule has 0 bridgehead atoms. The number of ether oxygens (including phenoxy) is 1. The van der Waals surface area contributed by atoms with Gasteiger partial charge in [0.25, 0.3) is 5.91 Å². The van der Waals surface area contributed by atoms with Gasteiger partial charge in [0, 0.05) is 12.4 Å². The summed E-state index contributed by atoms with van der Waals surface area (Å²) in [5.41, 5.74) is 2.90. The lowest BCUT2D eigenvalue weighted by Crippen LogP contribution is -2.27. The van der Waals surface area contributed by atoms with E-state index < -0.39 is 5.97 Å². The first-order valence-corrected chi connectivity index (χ1v) is 10.9. The fraction of sp³-hybridized carbons (Fsp3) is 0.0833. The molecule has 1 aromatic heterocycles. The van der Waals surface area contributed by atoms with Gasteiger partial charge in [-0.3, -0.25) is 14.7 Å². The van der Waals surface area contributed by atoms with E-state index in [2.05, 4.69) is 4.98 Å². The maximum atomic E-state index is 12.8. The van der Waals surface area contributed by atoms with Crippen molar-refractivity contribution < 1.29 is 19.4 Å². The van der Waals surface area contributed by atoms with Gasteiger partial charge in [0.05, 0.1) is 17.0 Å². The van der Waals surface area contributed by atoms with E-state index in [1.807, 2.05) is 42.5 Å². The molecule has 8 heteroatoms. The summed E-state index contributed by atoms with van der Waals surface area (Å²) in [5.74, 6) is -0.399. The smallest absolute Gasteiger partial charge is 0.335 e. The number of amides is 1. The Bertz CT molecular complexity index is 1180. The standard InChI is InChI=1S/C24H18N2O4S2/c27-22-21(32-24(31)26(22)14-18-2-1-11-25-13-18)12-16-5-9-20(10-6-16)30-15-17-3-7-19(8-4-17)23(28)29/h1-13H,14-15H2,(H,28,29). The predicted octanol–water partition coefficient (Wildman–Crippen LogP) is 4.76. The van der Waals surface area contributed by atoms with Gasteiger partial charge in [-0.25, -0.2) is 4.79 Å². The molecule has 0 spiro atoms. The molecule has 2 aromatic carbocycles. The van der Waals surface area contributed by atoms with Crippen LogP contribution in [0.25, 0.3) is 6.08 Å². The van der Waals surface area contributed by atoms with Gasteiger partial charge >= 0.3 is 5.97 Å². The Morgan fingerprint density at radius 1 is 1.09 bits per heavy atom. The molecular formula is C24H18N2O4S2. The SMILES string of the molecule is O=C(O)c1ccc(COc2ccc(C=C3SC(=S)N(Cc4cccnc4)C3=O)cc2)cc1. The van der Waals surface area contributed by atoms with Crippen LogP contribution in [-0.2, 0) is 17.9 Å². The second-order valence-corrected chi connectivity index (χ2v) is 8.66. The van der Waals surface area contributed by atoms with Crippen molar-refractivity contribution in [1.29, 1.82) is 0 Å². The highest BCUT2D eigenvalue weighted by atomic mass is 32.2. The molecule has 1 saturated heterocycles. The number of hydrogen-bond donors (Lipinski definition) is 1. The minimum Gasteiger partial charge on any atom is -0.489 e. The van der Waals surface area contributed by atoms with Crippen LogP contribution in [0.15, 0.2) is 78.0 Å². The maximum absolute atomic E-state index is 12.8. The summed E-state index contributed by atoms with van der Waals surface area (Å²) in [5, 5.41) is 8.95. The Morgan fingerprint density at radius 3 is 2.50 bits per heavy atom. The molecule has 1 amide bonds. The molecule has 4 rings (SSSR count). The lowest BCUT2D eigenvalue weighted by Gasteiger charge is -2.13. The largest absolute Gasteiger partial charge is 0.489 e. The topological polar surface area (TPSA) is 79.7 Å². The lowest BCUT2D eigenvalue weighted by atomic mass is 10.1. The normalized spacial score (nSPS) is 14.8. The Kier molecular flexibility index (Phi) is 6.63. The van der Waals surface area contributed by atoms with Crippen molar-refractivity contribution in [2.75, 3.05) is 0 Å². The first-order valence-electron chi connectivity index (χ1n) is 9.69. The highest BCUT2D eigenvalue weighted by Crippen LogP contribution is 2.33. The van der Waals surface area contributed by atoms with Crippen molar-refractivity contribution in [2.45, 2.75) is 13.2 Å². The summed E-state index contributed by atoms with van der Waals surface area (Å²) in [7, 11) is 0. The van der Waals surface area contributed by atoms with Crippen LogP contribution < -0.4 is 4.74 Å². The van der Waals surface area contributed by atoms with Crippen LogP contribution in [0.4, 0.5) is 0 Å². The zero-order valence-electron chi connectivity index (χ0n) is 16.8. The van der Waals surface area contributed by atoms with Crippen molar-refractivity contribution >= 4 is 46.3 Å². The third-order valence-corrected chi connectivity index (χ3v) is 6.10. The van der Waals surface area contributed by atoms with E-state index in [1.54, 1.807) is 41.6 Å². The molecule has 6 nitrogen and oxygen atoms in total. The number of aromatic nitrogens is 1. The minimum atomic E-state index is -0.956. The quantitative estimate of drug-likeness (QED) is 0.401. The number of carboxylic acids is 1. The van der Waals surface area contributed by atoms with E-state index in [1.165, 1.54) is 11.8 Å². The van der Waals surface area contributed by atoms with E-state index in [-0.39, 0.29) is 11.5 Å². The van der Waals surface area contributed by atoms with Gasteiger partial charge in [-0.1, -0.05) is 54.3 Å². The van der Waals surface area contributed by atoms with Crippen LogP contribution in [0.3, 0.4) is 0 Å². The van der Waals surface area contributed by atoms with Crippen molar-refractivity contribution in [3.8, 4) is 5.75 Å². The molecule has 0 aliphatic carbocycles. The first kappa shape index (κ1) is 21.7. The molecule has 160 valence electrons. The highest BCUT2D eigenvalue weighted by molar-refractivity contribution is 8.26. The van der Waals surface area contributed by atoms with Crippen LogP contribution >= 0.6 is 24.0 Å². The number of pyridine rings is 1. The predicted molar refractivity (Wildman–Crippen MR) is 127 cm³/mol. The van der Waals surface area contributed by atoms with Gasteiger partial charge in [0.1, 0.15) is 16.7 Å². The molecule has 1 N–H and O–H groups in total. The van der Waals surface area contributed by atoms with Gasteiger partial charge < -0.3 is 9.84 Å². The number of benzene rings is 2. The van der Waals surface area contributed by atoms with Gasteiger partial charge in [-0.2, -0.15) is 0 Å². The zero-order chi connectivity index (χ0) is 22.5. The third kappa shape index (κ3) is 5.22. The van der Waals surface area contributed by atoms with Crippen molar-refractivity contribution in [3.63, 3.8) is 0 Å². The molecular weight excluding hydrogens is 444 g/mol. The van der Waals surface area contributed by atoms with Crippen LogP contribution in [0.1, 0.15) is 27.0 Å². The molecule has 0 radical (unpaired) electrons. The number of thioether (sulfide) groups is 1. The Balaban J connectivity index is 1.38. The molecule has 0 atom stereocenters. The van der Waals surface area contributed by atoms with Crippen molar-refractivity contribution in [3.05, 3.63) is 100 Å². The first-order chi connectivity index (χ1) is 15.5. The van der Waals surface area contributed by atoms with E-state index >= 15 is 0 Å². The number of aromatic carboxylic acids is 1. The Labute approximate surface area is 194 Å². The van der Waals surface area contributed by atoms with Crippen LogP contribution in [0, 0.1) is 0 Å². The number of nitrogens with zero attached hydrogens (tertiary/aromatic N) is 2. The number of thiocarbonyl (C=S) groups is 1. The molecule has 32 heavy (non-hydrogen) atoms. The van der Waals surface area contributed by atoms with E-state index in [0.29, 0.717) is 28.1 Å².